The largest absolute Gasteiger partial charge is 0.390 e. The van der Waals surface area contributed by atoms with Crippen LogP contribution in [0.2, 0.25) is 0 Å². The van der Waals surface area contributed by atoms with Crippen molar-refractivity contribution < 1.29 is 5.11 Å². The molecule has 0 spiro atoms. The second kappa shape index (κ2) is 4.24. The van der Waals surface area contributed by atoms with Crippen LogP contribution in [0.1, 0.15) is 46.0 Å². The average Bonchev–Trinajstić information content (AvgIpc) is 2.38. The second-order valence-corrected chi connectivity index (χ2v) is 4.24. The SMILES string of the molecule is CCCC(C)(O)CC1CCCN1. The van der Waals surface area contributed by atoms with E-state index in [-0.39, 0.29) is 0 Å². The smallest absolute Gasteiger partial charge is 0.0634 e. The summed E-state index contributed by atoms with van der Waals surface area (Å²) in [7, 11) is 0. The standard InChI is InChI=1S/C10H21NO/c1-3-6-10(2,12)8-9-5-4-7-11-9/h9,11-12H,3-8H2,1-2H3. The predicted molar refractivity (Wildman–Crippen MR) is 51.2 cm³/mol. The molecule has 0 radical (unpaired) electrons. The Morgan fingerprint density at radius 1 is 1.58 bits per heavy atom. The molecule has 0 aliphatic carbocycles. The van der Waals surface area contributed by atoms with E-state index in [0.29, 0.717) is 6.04 Å². The zero-order chi connectivity index (χ0) is 9.03. The van der Waals surface area contributed by atoms with Gasteiger partial charge in [0.2, 0.25) is 0 Å². The van der Waals surface area contributed by atoms with Gasteiger partial charge in [-0.3, -0.25) is 0 Å². The average molecular weight is 171 g/mol. The van der Waals surface area contributed by atoms with Crippen molar-refractivity contribution in [2.45, 2.75) is 57.6 Å². The van der Waals surface area contributed by atoms with Crippen LogP contribution in [0.5, 0.6) is 0 Å². The molecule has 1 saturated heterocycles. The Bertz CT molecular complexity index is 128. The van der Waals surface area contributed by atoms with Crippen LogP contribution in [0.3, 0.4) is 0 Å². The van der Waals surface area contributed by atoms with E-state index in [2.05, 4.69) is 12.2 Å². The van der Waals surface area contributed by atoms with E-state index in [1.807, 2.05) is 6.92 Å². The maximum Gasteiger partial charge on any atom is 0.0634 e. The summed E-state index contributed by atoms with van der Waals surface area (Å²) < 4.78 is 0. The summed E-state index contributed by atoms with van der Waals surface area (Å²) in [6, 6.07) is 0.562. The van der Waals surface area contributed by atoms with E-state index in [1.54, 1.807) is 0 Å². The molecule has 1 heterocycles. The molecule has 1 fully saturated rings. The van der Waals surface area contributed by atoms with Gasteiger partial charge in [-0.1, -0.05) is 13.3 Å². The van der Waals surface area contributed by atoms with E-state index in [0.717, 1.165) is 25.8 Å². The van der Waals surface area contributed by atoms with Gasteiger partial charge in [-0.2, -0.15) is 0 Å². The lowest BCUT2D eigenvalue weighted by atomic mass is 9.92. The molecule has 2 nitrogen and oxygen atoms in total. The van der Waals surface area contributed by atoms with E-state index in [4.69, 9.17) is 0 Å². The Morgan fingerprint density at radius 3 is 2.83 bits per heavy atom. The van der Waals surface area contributed by atoms with Crippen molar-refractivity contribution in [2.75, 3.05) is 6.54 Å². The first-order valence-electron chi connectivity index (χ1n) is 5.10. The predicted octanol–water partition coefficient (Wildman–Crippen LogP) is 1.68. The molecule has 2 heteroatoms. The number of aliphatic hydroxyl groups is 1. The Balaban J connectivity index is 2.27. The third kappa shape index (κ3) is 3.11. The zero-order valence-electron chi connectivity index (χ0n) is 8.27. The molecule has 2 atom stereocenters. The third-order valence-electron chi connectivity index (χ3n) is 2.64. The molecule has 0 saturated carbocycles. The van der Waals surface area contributed by atoms with Crippen LogP contribution in [-0.4, -0.2) is 23.3 Å². The quantitative estimate of drug-likeness (QED) is 0.674. The van der Waals surface area contributed by atoms with Gasteiger partial charge >= 0.3 is 0 Å². The van der Waals surface area contributed by atoms with Crippen molar-refractivity contribution in [3.8, 4) is 0 Å². The highest BCUT2D eigenvalue weighted by molar-refractivity contribution is 4.83. The van der Waals surface area contributed by atoms with Crippen molar-refractivity contribution in [2.24, 2.45) is 0 Å². The Morgan fingerprint density at radius 2 is 2.33 bits per heavy atom. The maximum atomic E-state index is 9.93. The summed E-state index contributed by atoms with van der Waals surface area (Å²) in [5.74, 6) is 0. The van der Waals surface area contributed by atoms with Gasteiger partial charge in [0.15, 0.2) is 0 Å². The van der Waals surface area contributed by atoms with Crippen molar-refractivity contribution in [3.05, 3.63) is 0 Å². The monoisotopic (exact) mass is 171 g/mol. The van der Waals surface area contributed by atoms with Gasteiger partial charge in [0.25, 0.3) is 0 Å². The molecule has 0 aromatic heterocycles. The zero-order valence-corrected chi connectivity index (χ0v) is 8.27. The molecule has 0 amide bonds. The van der Waals surface area contributed by atoms with Crippen molar-refractivity contribution in [1.29, 1.82) is 0 Å². The highest BCUT2D eigenvalue weighted by Gasteiger charge is 2.25. The molecule has 0 aromatic rings. The lowest BCUT2D eigenvalue weighted by molar-refractivity contribution is 0.0327. The lowest BCUT2D eigenvalue weighted by Crippen LogP contribution is -2.34. The topological polar surface area (TPSA) is 32.3 Å². The lowest BCUT2D eigenvalue weighted by Gasteiger charge is -2.26. The number of hydrogen-bond acceptors (Lipinski definition) is 2. The van der Waals surface area contributed by atoms with Gasteiger partial charge in [0.1, 0.15) is 0 Å². The van der Waals surface area contributed by atoms with E-state index >= 15 is 0 Å². The van der Waals surface area contributed by atoms with Gasteiger partial charge < -0.3 is 10.4 Å². The summed E-state index contributed by atoms with van der Waals surface area (Å²) >= 11 is 0. The molecule has 12 heavy (non-hydrogen) atoms. The maximum absolute atomic E-state index is 9.93. The van der Waals surface area contributed by atoms with Crippen LogP contribution in [0, 0.1) is 0 Å². The highest BCUT2D eigenvalue weighted by atomic mass is 16.3. The molecule has 1 aliphatic rings. The molecule has 2 N–H and O–H groups in total. The second-order valence-electron chi connectivity index (χ2n) is 4.24. The number of hydrogen-bond donors (Lipinski definition) is 2. The fourth-order valence-electron chi connectivity index (χ4n) is 2.10. The van der Waals surface area contributed by atoms with Crippen LogP contribution < -0.4 is 5.32 Å². The normalized spacial score (nSPS) is 28.8. The van der Waals surface area contributed by atoms with E-state index in [9.17, 15) is 5.11 Å². The fraction of sp³-hybridized carbons (Fsp3) is 1.00. The van der Waals surface area contributed by atoms with Crippen LogP contribution in [0.25, 0.3) is 0 Å². The Labute approximate surface area is 75.4 Å². The number of rotatable bonds is 4. The van der Waals surface area contributed by atoms with Crippen molar-refractivity contribution >= 4 is 0 Å². The van der Waals surface area contributed by atoms with Crippen molar-refractivity contribution in [1.82, 2.24) is 5.32 Å². The highest BCUT2D eigenvalue weighted by Crippen LogP contribution is 2.22. The molecule has 0 bridgehead atoms. The minimum Gasteiger partial charge on any atom is -0.390 e. The van der Waals surface area contributed by atoms with Crippen LogP contribution >= 0.6 is 0 Å². The van der Waals surface area contributed by atoms with E-state index < -0.39 is 5.60 Å². The van der Waals surface area contributed by atoms with Crippen molar-refractivity contribution in [3.63, 3.8) is 0 Å². The number of nitrogens with one attached hydrogen (secondary N) is 1. The van der Waals surface area contributed by atoms with Crippen LogP contribution in [0.4, 0.5) is 0 Å². The third-order valence-corrected chi connectivity index (χ3v) is 2.64. The molecule has 1 aliphatic heterocycles. The minimum atomic E-state index is -0.448. The summed E-state index contributed by atoms with van der Waals surface area (Å²) in [5.41, 5.74) is -0.448. The van der Waals surface area contributed by atoms with Crippen LogP contribution in [-0.2, 0) is 0 Å². The summed E-state index contributed by atoms with van der Waals surface area (Å²) in [4.78, 5) is 0. The van der Waals surface area contributed by atoms with E-state index in [1.165, 1.54) is 12.8 Å². The van der Waals surface area contributed by atoms with Gasteiger partial charge in [-0.05, 0) is 39.2 Å². The van der Waals surface area contributed by atoms with Gasteiger partial charge in [-0.15, -0.1) is 0 Å². The summed E-state index contributed by atoms with van der Waals surface area (Å²) in [5, 5.41) is 13.3. The molecule has 2 unspecified atom stereocenters. The van der Waals surface area contributed by atoms with Gasteiger partial charge in [0, 0.05) is 6.04 Å². The molecular formula is C10H21NO. The first-order valence-corrected chi connectivity index (χ1v) is 5.10. The fourth-order valence-corrected chi connectivity index (χ4v) is 2.10. The first kappa shape index (κ1) is 10.0. The minimum absolute atomic E-state index is 0.448. The van der Waals surface area contributed by atoms with Gasteiger partial charge in [0.05, 0.1) is 5.60 Å². The molecular weight excluding hydrogens is 150 g/mol. The molecule has 72 valence electrons. The van der Waals surface area contributed by atoms with Gasteiger partial charge in [-0.25, -0.2) is 0 Å². The first-order chi connectivity index (χ1) is 5.64. The summed E-state index contributed by atoms with van der Waals surface area (Å²) in [6.45, 7) is 5.21. The van der Waals surface area contributed by atoms with Crippen LogP contribution in [0.15, 0.2) is 0 Å². The molecule has 0 aromatic carbocycles. The Hall–Kier alpha value is -0.0800. The summed E-state index contributed by atoms with van der Waals surface area (Å²) in [6.07, 6.45) is 5.42. The Kier molecular flexibility index (Phi) is 3.53. The molecule has 1 rings (SSSR count).